The minimum absolute atomic E-state index is 0. The topological polar surface area (TPSA) is 3.24 Å². The molecule has 0 radical (unpaired) electrons. The molecule has 0 bridgehead atoms. The molecule has 40 heavy (non-hydrogen) atoms. The van der Waals surface area contributed by atoms with Gasteiger partial charge < -0.3 is 19.3 Å². The predicted molar refractivity (Wildman–Crippen MR) is 179 cm³/mol. The van der Waals surface area contributed by atoms with E-state index in [1.807, 2.05) is 41.5 Å². The second-order valence-corrected chi connectivity index (χ2v) is 9.38. The first-order valence-electron chi connectivity index (χ1n) is 15.1. The van der Waals surface area contributed by atoms with E-state index >= 15 is 0 Å². The first-order valence-corrected chi connectivity index (χ1v) is 15.1. The zero-order chi connectivity index (χ0) is 27.9. The molecule has 2 heteroatoms. The van der Waals surface area contributed by atoms with Crippen LogP contribution in [0.5, 0.6) is 0 Å². The Morgan fingerprint density at radius 1 is 0.875 bits per heavy atom. The Morgan fingerprint density at radius 3 is 2.25 bits per heavy atom. The number of benzene rings is 3. The van der Waals surface area contributed by atoms with Gasteiger partial charge in [-0.15, -0.1) is 12.5 Å². The summed E-state index contributed by atoms with van der Waals surface area (Å²) in [6.45, 7) is 17.2. The van der Waals surface area contributed by atoms with Gasteiger partial charge in [0.25, 0.3) is 0 Å². The van der Waals surface area contributed by atoms with Crippen molar-refractivity contribution in [1.29, 1.82) is 0 Å². The number of fused-ring (bicyclic) bond motifs is 1. The number of allylic oxidation sites excluding steroid dienone is 4. The van der Waals surface area contributed by atoms with Crippen LogP contribution in [0.3, 0.4) is 0 Å². The van der Waals surface area contributed by atoms with Gasteiger partial charge >= 0.3 is 32.7 Å². The van der Waals surface area contributed by atoms with Crippen molar-refractivity contribution in [2.45, 2.75) is 86.1 Å². The van der Waals surface area contributed by atoms with Gasteiger partial charge in [-0.2, -0.15) is 6.42 Å². The average molecular weight is 614 g/mol. The minimum Gasteiger partial charge on any atom is -0.358 e. The van der Waals surface area contributed by atoms with Crippen LogP contribution in [0.2, 0.25) is 0 Å². The number of likely N-dealkylation sites (N-methyl/N-ethyl adjacent to an activating group) is 1. The zero-order valence-electron chi connectivity index (χ0n) is 26.8. The van der Waals surface area contributed by atoms with E-state index < -0.39 is 0 Å². The van der Waals surface area contributed by atoms with Crippen molar-refractivity contribution in [1.82, 2.24) is 4.90 Å². The summed E-state index contributed by atoms with van der Waals surface area (Å²) in [6, 6.07) is 23.6. The van der Waals surface area contributed by atoms with E-state index in [1.165, 1.54) is 63.6 Å². The van der Waals surface area contributed by atoms with Crippen molar-refractivity contribution in [3.63, 3.8) is 0 Å². The summed E-state index contributed by atoms with van der Waals surface area (Å²) in [4.78, 5) is 2.51. The fourth-order valence-electron chi connectivity index (χ4n) is 5.28. The van der Waals surface area contributed by atoms with Crippen LogP contribution in [0.15, 0.2) is 78.4 Å². The van der Waals surface area contributed by atoms with Gasteiger partial charge in [0.2, 0.25) is 0 Å². The second kappa shape index (κ2) is 21.1. The Bertz CT molecular complexity index is 1170. The molecule has 1 saturated heterocycles. The molecule has 0 aromatic heterocycles. The van der Waals surface area contributed by atoms with E-state index in [0.29, 0.717) is 6.04 Å². The van der Waals surface area contributed by atoms with E-state index in [1.54, 1.807) is 0 Å². The quantitative estimate of drug-likeness (QED) is 0.240. The van der Waals surface area contributed by atoms with E-state index in [-0.39, 0.29) is 40.1 Å². The SMILES string of the molecule is CC.CC.CC.[CH2-]CC[CH-]C1=CC=C(c2cccc(-c3cccc4cc(CC5CCCN5C)ccc34)c2)C1.[CH3-].[Y+3]. The molecule has 0 N–H and O–H groups in total. The number of unbranched alkanes of at least 4 members (excludes halogenated alkanes) is 1. The number of likely N-dealkylation sites (tertiary alicyclic amines) is 1. The van der Waals surface area contributed by atoms with Crippen molar-refractivity contribution in [3.8, 4) is 11.1 Å². The molecule has 3 aromatic carbocycles. The van der Waals surface area contributed by atoms with Gasteiger partial charge in [-0.3, -0.25) is 0 Å². The van der Waals surface area contributed by atoms with Crippen molar-refractivity contribution in [2.24, 2.45) is 0 Å². The normalized spacial score (nSPS) is 15.4. The van der Waals surface area contributed by atoms with Gasteiger partial charge in [0.15, 0.2) is 0 Å². The second-order valence-electron chi connectivity index (χ2n) is 9.38. The zero-order valence-corrected chi connectivity index (χ0v) is 29.6. The molecule has 1 aliphatic heterocycles. The van der Waals surface area contributed by atoms with Crippen LogP contribution in [0.1, 0.15) is 84.8 Å². The molecule has 3 aromatic rings. The Kier molecular flexibility index (Phi) is 20.2. The molecular formula is C38H54NY. The average Bonchev–Trinajstić information content (AvgIpc) is 3.63. The third kappa shape index (κ3) is 10.3. The van der Waals surface area contributed by atoms with Gasteiger partial charge in [0.05, 0.1) is 0 Å². The first kappa shape index (κ1) is 38.3. The summed E-state index contributed by atoms with van der Waals surface area (Å²) in [6.07, 6.45) is 13.7. The van der Waals surface area contributed by atoms with Crippen molar-refractivity contribution < 1.29 is 32.7 Å². The molecular weight excluding hydrogens is 559 g/mol. The van der Waals surface area contributed by atoms with Crippen molar-refractivity contribution in [2.75, 3.05) is 13.6 Å². The number of rotatable bonds is 7. The maximum Gasteiger partial charge on any atom is 3.00 e. The summed E-state index contributed by atoms with van der Waals surface area (Å²) in [5, 5.41) is 2.69. The first-order chi connectivity index (χ1) is 18.7. The molecule has 1 fully saturated rings. The van der Waals surface area contributed by atoms with Gasteiger partial charge in [0, 0.05) is 6.04 Å². The third-order valence-electron chi connectivity index (χ3n) is 7.14. The predicted octanol–water partition coefficient (Wildman–Crippen LogP) is 11.2. The summed E-state index contributed by atoms with van der Waals surface area (Å²) in [5.41, 5.74) is 8.23. The van der Waals surface area contributed by atoms with Crippen LogP contribution < -0.4 is 0 Å². The monoisotopic (exact) mass is 613 g/mol. The number of hydrogen-bond acceptors (Lipinski definition) is 1. The van der Waals surface area contributed by atoms with Gasteiger partial charge in [-0.1, -0.05) is 102 Å². The summed E-state index contributed by atoms with van der Waals surface area (Å²) in [7, 11) is 2.26. The van der Waals surface area contributed by atoms with Crippen LogP contribution in [0, 0.1) is 20.8 Å². The molecule has 1 unspecified atom stereocenters. The summed E-state index contributed by atoms with van der Waals surface area (Å²) in [5.74, 6) is 0. The standard InChI is InChI=1S/C31H33N.3C2H6.CH3.Y/c1-3-4-8-23-14-16-26(19-23)25-9-5-10-28(22-25)30-13-6-11-27-20-24(15-17-31(27)30)21-29-12-7-18-32(29)2;3*1-2;;/h5-6,8-11,13-17,20,22,29H,1,3-4,7,12,18-19,21H2,2H3;3*1-2H3;1H3;/q-2;;;;-1;+3. The Hall–Kier alpha value is -1.67. The van der Waals surface area contributed by atoms with Crippen LogP contribution in [0.4, 0.5) is 0 Å². The van der Waals surface area contributed by atoms with Gasteiger partial charge in [-0.05, 0) is 78.4 Å². The molecule has 1 nitrogen and oxygen atoms in total. The Balaban J connectivity index is 0.00000179. The van der Waals surface area contributed by atoms with Crippen LogP contribution in [-0.4, -0.2) is 24.5 Å². The molecule has 0 spiro atoms. The maximum absolute atomic E-state index is 3.95. The minimum atomic E-state index is 0. The van der Waals surface area contributed by atoms with E-state index in [0.717, 1.165) is 25.7 Å². The number of hydrogen-bond donors (Lipinski definition) is 0. The van der Waals surface area contributed by atoms with Crippen LogP contribution in [0.25, 0.3) is 27.5 Å². The molecule has 0 saturated carbocycles. The summed E-state index contributed by atoms with van der Waals surface area (Å²) < 4.78 is 0. The largest absolute Gasteiger partial charge is 3.00 e. The Morgan fingerprint density at radius 2 is 1.57 bits per heavy atom. The molecule has 1 aliphatic carbocycles. The van der Waals surface area contributed by atoms with Crippen molar-refractivity contribution in [3.05, 3.63) is 110 Å². The van der Waals surface area contributed by atoms with Gasteiger partial charge in [-0.25, -0.2) is 18.1 Å². The number of nitrogens with zero attached hydrogens (tertiary/aromatic N) is 1. The molecule has 1 atom stereocenters. The van der Waals surface area contributed by atoms with Crippen LogP contribution >= 0.6 is 0 Å². The smallest absolute Gasteiger partial charge is 0.358 e. The fraction of sp³-hybridized carbons (Fsp3) is 0.395. The van der Waals surface area contributed by atoms with Gasteiger partial charge in [0.1, 0.15) is 0 Å². The fourth-order valence-corrected chi connectivity index (χ4v) is 5.28. The Labute approximate surface area is 273 Å². The van der Waals surface area contributed by atoms with E-state index in [2.05, 4.69) is 98.1 Å². The van der Waals surface area contributed by atoms with Crippen LogP contribution in [-0.2, 0) is 39.1 Å². The molecule has 2 aliphatic rings. The third-order valence-corrected chi connectivity index (χ3v) is 7.14. The van der Waals surface area contributed by atoms with Crippen molar-refractivity contribution >= 4 is 16.3 Å². The van der Waals surface area contributed by atoms with E-state index in [4.69, 9.17) is 0 Å². The maximum atomic E-state index is 3.95. The van der Waals surface area contributed by atoms with E-state index in [9.17, 15) is 0 Å². The molecule has 0 amide bonds. The molecule has 5 rings (SSSR count). The molecule has 1 heterocycles. The molecule has 214 valence electrons. The summed E-state index contributed by atoms with van der Waals surface area (Å²) >= 11 is 0.